The Hall–Kier alpha value is -4.79. The molecule has 1 spiro atoms. The highest BCUT2D eigenvalue weighted by atomic mass is 35.5. The fourth-order valence-electron chi connectivity index (χ4n) is 9.23. The van der Waals surface area contributed by atoms with Crippen molar-refractivity contribution >= 4 is 52.1 Å². The minimum absolute atomic E-state index is 0.123. The Morgan fingerprint density at radius 1 is 0.907 bits per heavy atom. The molecule has 5 heterocycles. The van der Waals surface area contributed by atoms with Gasteiger partial charge in [0.05, 0.1) is 10.6 Å². The number of carbonyl (C=O) groups excluding carboxylic acids is 3. The van der Waals surface area contributed by atoms with Crippen molar-refractivity contribution in [3.63, 3.8) is 0 Å². The summed E-state index contributed by atoms with van der Waals surface area (Å²) < 4.78 is 0. The summed E-state index contributed by atoms with van der Waals surface area (Å²) in [4.78, 5) is 49.2. The summed E-state index contributed by atoms with van der Waals surface area (Å²) in [5.74, 6) is -0.355. The second-order valence-electron chi connectivity index (χ2n) is 15.9. The number of benzene rings is 3. The van der Waals surface area contributed by atoms with Crippen molar-refractivity contribution in [2.45, 2.75) is 63.6 Å². The summed E-state index contributed by atoms with van der Waals surface area (Å²) in [5, 5.41) is 15.5. The van der Waals surface area contributed by atoms with E-state index in [1.807, 2.05) is 47.4 Å². The molecule has 0 aromatic heterocycles. The molecular formula is C42H49ClN8O3. The van der Waals surface area contributed by atoms with Crippen LogP contribution in [0.3, 0.4) is 0 Å². The van der Waals surface area contributed by atoms with E-state index in [2.05, 4.69) is 67.5 Å². The number of rotatable bonds is 8. The number of carbonyl (C=O) groups is 3. The standard InChI is InChI=1S/C42H49ClN8O3/c1-29-25-42(28-51(29)35-10-7-31(26-44)37(43)24-35)14-17-48(18-15-42)33-8-5-30(6-9-33)41(54)50-16-13-36(50)27-47-19-21-49(22-20-47)34-4-2-3-32(23-34)45-38-11-12-39(52)46-40(38)53/h2-10,23-24,29,36,38,45H,11-22,25,27-28H2,1H3,(H,46,52,53)/t29-,36?,38?/m0/s1. The first-order valence-corrected chi connectivity index (χ1v) is 19.8. The summed E-state index contributed by atoms with van der Waals surface area (Å²) in [7, 11) is 0. The molecule has 2 unspecified atom stereocenters. The lowest BCUT2D eigenvalue weighted by Gasteiger charge is -2.45. The number of hydrogen-bond acceptors (Lipinski definition) is 9. The van der Waals surface area contributed by atoms with Crippen molar-refractivity contribution < 1.29 is 14.4 Å². The van der Waals surface area contributed by atoms with Crippen LogP contribution in [-0.4, -0.2) is 105 Å². The Morgan fingerprint density at radius 3 is 2.33 bits per heavy atom. The van der Waals surface area contributed by atoms with E-state index in [0.29, 0.717) is 29.5 Å². The van der Waals surface area contributed by atoms with E-state index in [4.69, 9.17) is 11.6 Å². The van der Waals surface area contributed by atoms with E-state index >= 15 is 0 Å². The Balaban J connectivity index is 0.798. The molecule has 5 aliphatic rings. The molecule has 5 fully saturated rings. The zero-order valence-electron chi connectivity index (χ0n) is 31.0. The van der Waals surface area contributed by atoms with Crippen LogP contribution in [0.25, 0.3) is 0 Å². The molecule has 5 aliphatic heterocycles. The summed E-state index contributed by atoms with van der Waals surface area (Å²) in [6, 6.07) is 24.6. The normalized spacial score (nSPS) is 24.3. The number of imide groups is 1. The molecule has 3 aromatic rings. The van der Waals surface area contributed by atoms with Crippen LogP contribution in [0.4, 0.5) is 22.7 Å². The van der Waals surface area contributed by atoms with Gasteiger partial charge in [-0.05, 0) is 105 Å². The van der Waals surface area contributed by atoms with Crippen molar-refractivity contribution in [1.29, 1.82) is 5.26 Å². The zero-order chi connectivity index (χ0) is 37.4. The molecule has 282 valence electrons. The second kappa shape index (κ2) is 15.2. The maximum absolute atomic E-state index is 13.6. The molecular weight excluding hydrogens is 700 g/mol. The van der Waals surface area contributed by atoms with E-state index in [9.17, 15) is 19.6 Å². The maximum atomic E-state index is 13.6. The molecule has 0 bridgehead atoms. The maximum Gasteiger partial charge on any atom is 0.254 e. The Kier molecular flexibility index (Phi) is 10.2. The van der Waals surface area contributed by atoms with Gasteiger partial charge < -0.3 is 24.9 Å². The number of likely N-dealkylation sites (tertiary alicyclic amines) is 1. The average Bonchev–Trinajstić information content (AvgIpc) is 3.50. The van der Waals surface area contributed by atoms with Gasteiger partial charge in [0.2, 0.25) is 11.8 Å². The highest BCUT2D eigenvalue weighted by Gasteiger charge is 2.44. The van der Waals surface area contributed by atoms with Gasteiger partial charge in [0, 0.05) is 106 Å². The van der Waals surface area contributed by atoms with E-state index in [0.717, 1.165) is 107 Å². The van der Waals surface area contributed by atoms with Crippen LogP contribution < -0.4 is 25.3 Å². The molecule has 12 heteroatoms. The summed E-state index contributed by atoms with van der Waals surface area (Å²) >= 11 is 6.38. The summed E-state index contributed by atoms with van der Waals surface area (Å²) in [5.41, 5.74) is 5.82. The summed E-state index contributed by atoms with van der Waals surface area (Å²) in [6.07, 6.45) is 5.27. The van der Waals surface area contributed by atoms with Gasteiger partial charge in [-0.2, -0.15) is 5.26 Å². The molecule has 0 aliphatic carbocycles. The highest BCUT2D eigenvalue weighted by Crippen LogP contribution is 2.46. The van der Waals surface area contributed by atoms with Crippen LogP contribution in [0.1, 0.15) is 61.4 Å². The zero-order valence-corrected chi connectivity index (χ0v) is 31.7. The third-order valence-electron chi connectivity index (χ3n) is 12.5. The van der Waals surface area contributed by atoms with Crippen LogP contribution in [0, 0.1) is 16.7 Å². The Labute approximate surface area is 322 Å². The lowest BCUT2D eigenvalue weighted by molar-refractivity contribution is -0.133. The Bertz CT molecular complexity index is 1930. The predicted molar refractivity (Wildman–Crippen MR) is 212 cm³/mol. The van der Waals surface area contributed by atoms with Crippen LogP contribution in [0.5, 0.6) is 0 Å². The first-order valence-electron chi connectivity index (χ1n) is 19.5. The minimum Gasteiger partial charge on any atom is -0.374 e. The van der Waals surface area contributed by atoms with Gasteiger partial charge in [-0.1, -0.05) is 17.7 Å². The molecule has 0 radical (unpaired) electrons. The Morgan fingerprint density at radius 2 is 1.65 bits per heavy atom. The van der Waals surface area contributed by atoms with Gasteiger partial charge in [-0.25, -0.2) is 0 Å². The predicted octanol–water partition coefficient (Wildman–Crippen LogP) is 5.35. The van der Waals surface area contributed by atoms with E-state index < -0.39 is 6.04 Å². The van der Waals surface area contributed by atoms with Crippen LogP contribution in [-0.2, 0) is 9.59 Å². The van der Waals surface area contributed by atoms with E-state index in [1.165, 1.54) is 5.69 Å². The summed E-state index contributed by atoms with van der Waals surface area (Å²) in [6.45, 7) is 10.6. The fraction of sp³-hybridized carbons (Fsp3) is 0.476. The monoisotopic (exact) mass is 748 g/mol. The number of nitrogens with zero attached hydrogens (tertiary/aromatic N) is 6. The quantitative estimate of drug-likeness (QED) is 0.295. The molecule has 3 atom stereocenters. The third kappa shape index (κ3) is 7.46. The second-order valence-corrected chi connectivity index (χ2v) is 16.3. The van der Waals surface area contributed by atoms with Crippen LogP contribution >= 0.6 is 11.6 Å². The first-order chi connectivity index (χ1) is 26.2. The average molecular weight is 749 g/mol. The molecule has 0 saturated carbocycles. The van der Waals surface area contributed by atoms with Gasteiger partial charge in [0.1, 0.15) is 12.1 Å². The van der Waals surface area contributed by atoms with Crippen molar-refractivity contribution in [3.8, 4) is 6.07 Å². The number of nitrogens with one attached hydrogen (secondary N) is 2. The molecule has 5 saturated heterocycles. The number of piperidine rings is 2. The SMILES string of the molecule is C[C@H]1CC2(CCN(c3ccc(C(=O)N4CCC4CN4CCN(c5cccc(NC6CCC(=O)NC6=O)c5)CC4)cc3)CC2)CN1c1ccc(C#N)c(Cl)c1. The van der Waals surface area contributed by atoms with Crippen molar-refractivity contribution in [2.75, 3.05) is 78.9 Å². The third-order valence-corrected chi connectivity index (χ3v) is 12.8. The van der Waals surface area contributed by atoms with Gasteiger partial charge >= 0.3 is 0 Å². The van der Waals surface area contributed by atoms with Crippen LogP contribution in [0.15, 0.2) is 66.7 Å². The van der Waals surface area contributed by atoms with Gasteiger partial charge in [0.25, 0.3) is 5.91 Å². The number of nitriles is 1. The number of piperazine rings is 1. The minimum atomic E-state index is -0.402. The van der Waals surface area contributed by atoms with E-state index in [1.54, 1.807) is 0 Å². The number of halogens is 1. The lowest BCUT2D eigenvalue weighted by atomic mass is 9.76. The first kappa shape index (κ1) is 36.2. The smallest absolute Gasteiger partial charge is 0.254 e. The molecule has 54 heavy (non-hydrogen) atoms. The number of amides is 3. The number of hydrogen-bond donors (Lipinski definition) is 2. The fourth-order valence-corrected chi connectivity index (χ4v) is 9.45. The molecule has 3 amide bonds. The van der Waals surface area contributed by atoms with Crippen LogP contribution in [0.2, 0.25) is 5.02 Å². The van der Waals surface area contributed by atoms with Crippen molar-refractivity contribution in [3.05, 3.63) is 82.9 Å². The van der Waals surface area contributed by atoms with Gasteiger partial charge in [-0.3, -0.25) is 24.6 Å². The number of anilines is 4. The van der Waals surface area contributed by atoms with Crippen molar-refractivity contribution in [2.24, 2.45) is 5.41 Å². The topological polar surface area (TPSA) is 115 Å². The van der Waals surface area contributed by atoms with Crippen molar-refractivity contribution in [1.82, 2.24) is 15.1 Å². The van der Waals surface area contributed by atoms with Gasteiger partial charge in [0.15, 0.2) is 0 Å². The highest BCUT2D eigenvalue weighted by molar-refractivity contribution is 6.32. The largest absolute Gasteiger partial charge is 0.374 e. The molecule has 11 nitrogen and oxygen atoms in total. The molecule has 8 rings (SSSR count). The van der Waals surface area contributed by atoms with Gasteiger partial charge in [-0.15, -0.1) is 0 Å². The molecule has 2 N–H and O–H groups in total. The molecule has 3 aromatic carbocycles. The van der Waals surface area contributed by atoms with E-state index in [-0.39, 0.29) is 29.2 Å². The lowest BCUT2D eigenvalue weighted by Crippen LogP contribution is -2.58.